The highest BCUT2D eigenvalue weighted by Crippen LogP contribution is 2.32. The fourth-order valence-corrected chi connectivity index (χ4v) is 3.26. The maximum atomic E-state index is 6.45. The van der Waals surface area contributed by atoms with Gasteiger partial charge in [-0.15, -0.1) is 0 Å². The Morgan fingerprint density at radius 2 is 1.63 bits per heavy atom. The van der Waals surface area contributed by atoms with Gasteiger partial charge in [0.05, 0.1) is 6.04 Å². The van der Waals surface area contributed by atoms with Crippen LogP contribution in [0.3, 0.4) is 0 Å². The second-order valence-corrected chi connectivity index (χ2v) is 6.25. The van der Waals surface area contributed by atoms with Crippen molar-refractivity contribution in [2.75, 3.05) is 0 Å². The molecule has 0 aromatic heterocycles. The highest BCUT2D eigenvalue weighted by Gasteiger charge is 2.17. The van der Waals surface area contributed by atoms with Crippen molar-refractivity contribution in [3.05, 3.63) is 67.6 Å². The summed E-state index contributed by atoms with van der Waals surface area (Å²) in [5.41, 5.74) is 12.3. The van der Waals surface area contributed by atoms with Crippen LogP contribution in [-0.4, -0.2) is 0 Å². The Hall–Kier alpha value is -0.830. The molecule has 0 radical (unpaired) electrons. The van der Waals surface area contributed by atoms with E-state index in [1.165, 1.54) is 22.3 Å². The molecular weight excluding hydrogens is 322 g/mol. The van der Waals surface area contributed by atoms with E-state index in [0.717, 1.165) is 10.0 Å². The third kappa shape index (κ3) is 3.02. The van der Waals surface area contributed by atoms with Gasteiger partial charge in [-0.1, -0.05) is 45.2 Å². The van der Waals surface area contributed by atoms with Gasteiger partial charge in [0.15, 0.2) is 0 Å². The summed E-state index contributed by atoms with van der Waals surface area (Å²) >= 11 is 9.63. The molecule has 19 heavy (non-hydrogen) atoms. The third-order valence-corrected chi connectivity index (χ3v) is 4.30. The fourth-order valence-electron chi connectivity index (χ4n) is 2.59. The maximum absolute atomic E-state index is 6.45. The van der Waals surface area contributed by atoms with Crippen molar-refractivity contribution in [3.63, 3.8) is 0 Å². The van der Waals surface area contributed by atoms with Crippen molar-refractivity contribution < 1.29 is 0 Å². The molecular formula is C16H17BrClN. The van der Waals surface area contributed by atoms with Gasteiger partial charge in [-0.2, -0.15) is 0 Å². The van der Waals surface area contributed by atoms with Crippen molar-refractivity contribution in [3.8, 4) is 0 Å². The van der Waals surface area contributed by atoms with Crippen LogP contribution in [-0.2, 0) is 0 Å². The summed E-state index contributed by atoms with van der Waals surface area (Å²) in [6, 6.07) is 9.89. The summed E-state index contributed by atoms with van der Waals surface area (Å²) < 4.78 is 0.990. The number of nitrogens with two attached hydrogens (primary N) is 1. The zero-order chi connectivity index (χ0) is 14.2. The van der Waals surface area contributed by atoms with E-state index in [9.17, 15) is 0 Å². The molecule has 2 aromatic rings. The number of hydrogen-bond acceptors (Lipinski definition) is 1. The molecule has 2 aromatic carbocycles. The van der Waals surface area contributed by atoms with Gasteiger partial charge in [0.1, 0.15) is 0 Å². The van der Waals surface area contributed by atoms with Crippen molar-refractivity contribution in [2.45, 2.75) is 26.8 Å². The minimum Gasteiger partial charge on any atom is -0.320 e. The van der Waals surface area contributed by atoms with E-state index in [-0.39, 0.29) is 6.04 Å². The fraction of sp³-hybridized carbons (Fsp3) is 0.250. The average molecular weight is 339 g/mol. The second-order valence-electron chi connectivity index (χ2n) is 4.96. The summed E-state index contributed by atoms with van der Waals surface area (Å²) in [7, 11) is 0. The summed E-state index contributed by atoms with van der Waals surface area (Å²) in [6.07, 6.45) is 0. The molecule has 3 heteroatoms. The first-order valence-electron chi connectivity index (χ1n) is 6.18. The van der Waals surface area contributed by atoms with Gasteiger partial charge < -0.3 is 5.73 Å². The lowest BCUT2D eigenvalue weighted by atomic mass is 9.90. The predicted molar refractivity (Wildman–Crippen MR) is 85.8 cm³/mol. The van der Waals surface area contributed by atoms with E-state index in [0.29, 0.717) is 5.02 Å². The van der Waals surface area contributed by atoms with Gasteiger partial charge in [0.2, 0.25) is 0 Å². The Balaban J connectivity index is 2.56. The minimum atomic E-state index is -0.173. The lowest BCUT2D eigenvalue weighted by Crippen LogP contribution is -2.15. The third-order valence-electron chi connectivity index (χ3n) is 3.34. The number of halogens is 2. The summed E-state index contributed by atoms with van der Waals surface area (Å²) in [5.74, 6) is 0. The monoisotopic (exact) mass is 337 g/mol. The van der Waals surface area contributed by atoms with E-state index in [1.54, 1.807) is 0 Å². The van der Waals surface area contributed by atoms with Crippen molar-refractivity contribution in [2.24, 2.45) is 5.73 Å². The molecule has 1 atom stereocenters. The molecule has 0 saturated heterocycles. The highest BCUT2D eigenvalue weighted by atomic mass is 79.9. The molecule has 0 fully saturated rings. The molecule has 0 heterocycles. The Morgan fingerprint density at radius 3 is 2.21 bits per heavy atom. The molecule has 2 N–H and O–H groups in total. The van der Waals surface area contributed by atoms with Gasteiger partial charge in [0.25, 0.3) is 0 Å². The molecule has 0 bridgehead atoms. The van der Waals surface area contributed by atoms with Crippen molar-refractivity contribution >= 4 is 27.5 Å². The lowest BCUT2D eigenvalue weighted by molar-refractivity contribution is 0.845. The first-order chi connectivity index (χ1) is 8.90. The standard InChI is InChI=1S/C16H17BrClN/c1-9-6-10(2)15(11(3)7-9)16(19)13-8-12(18)4-5-14(13)17/h4-8,16H,19H2,1-3H3. The Labute approximate surface area is 127 Å². The van der Waals surface area contributed by atoms with E-state index in [4.69, 9.17) is 17.3 Å². The van der Waals surface area contributed by atoms with Gasteiger partial charge in [-0.05, 0) is 61.2 Å². The van der Waals surface area contributed by atoms with Crippen LogP contribution in [0.5, 0.6) is 0 Å². The van der Waals surface area contributed by atoms with Crippen LogP contribution < -0.4 is 5.73 Å². The number of hydrogen-bond donors (Lipinski definition) is 1. The topological polar surface area (TPSA) is 26.0 Å². The van der Waals surface area contributed by atoms with Crippen LogP contribution in [0.25, 0.3) is 0 Å². The van der Waals surface area contributed by atoms with Crippen LogP contribution in [0.2, 0.25) is 5.02 Å². The number of benzene rings is 2. The summed E-state index contributed by atoms with van der Waals surface area (Å²) in [5, 5.41) is 0.705. The predicted octanol–water partition coefficient (Wildman–Crippen LogP) is 5.08. The first kappa shape index (κ1) is 14.6. The zero-order valence-electron chi connectivity index (χ0n) is 11.3. The Bertz CT molecular complexity index is 599. The second kappa shape index (κ2) is 5.66. The molecule has 0 aliphatic rings. The van der Waals surface area contributed by atoms with Crippen LogP contribution in [0, 0.1) is 20.8 Å². The molecule has 100 valence electrons. The lowest BCUT2D eigenvalue weighted by Gasteiger charge is -2.20. The average Bonchev–Trinajstić information content (AvgIpc) is 2.30. The Morgan fingerprint density at radius 1 is 1.05 bits per heavy atom. The summed E-state index contributed by atoms with van der Waals surface area (Å²) in [4.78, 5) is 0. The largest absolute Gasteiger partial charge is 0.320 e. The first-order valence-corrected chi connectivity index (χ1v) is 7.35. The molecule has 0 aliphatic heterocycles. The van der Waals surface area contributed by atoms with Crippen molar-refractivity contribution in [1.29, 1.82) is 0 Å². The normalized spacial score (nSPS) is 12.5. The molecule has 0 saturated carbocycles. The maximum Gasteiger partial charge on any atom is 0.0568 e. The van der Waals surface area contributed by atoms with Crippen molar-refractivity contribution in [1.82, 2.24) is 0 Å². The Kier molecular flexibility index (Phi) is 4.34. The van der Waals surface area contributed by atoms with E-state index in [2.05, 4.69) is 48.8 Å². The number of aryl methyl sites for hydroxylation is 3. The van der Waals surface area contributed by atoms with E-state index in [1.807, 2.05) is 18.2 Å². The molecule has 1 unspecified atom stereocenters. The molecule has 2 rings (SSSR count). The van der Waals surface area contributed by atoms with Crippen LogP contribution in [0.4, 0.5) is 0 Å². The van der Waals surface area contributed by atoms with Crippen LogP contribution in [0.15, 0.2) is 34.8 Å². The zero-order valence-corrected chi connectivity index (χ0v) is 13.6. The van der Waals surface area contributed by atoms with E-state index < -0.39 is 0 Å². The summed E-state index contributed by atoms with van der Waals surface area (Å²) in [6.45, 7) is 6.31. The van der Waals surface area contributed by atoms with Gasteiger partial charge >= 0.3 is 0 Å². The van der Waals surface area contributed by atoms with Crippen LogP contribution in [0.1, 0.15) is 33.9 Å². The van der Waals surface area contributed by atoms with E-state index >= 15 is 0 Å². The minimum absolute atomic E-state index is 0.173. The highest BCUT2D eigenvalue weighted by molar-refractivity contribution is 9.10. The quantitative estimate of drug-likeness (QED) is 0.812. The van der Waals surface area contributed by atoms with Gasteiger partial charge in [-0.25, -0.2) is 0 Å². The molecule has 0 amide bonds. The van der Waals surface area contributed by atoms with Gasteiger partial charge in [-0.3, -0.25) is 0 Å². The molecule has 0 aliphatic carbocycles. The van der Waals surface area contributed by atoms with Gasteiger partial charge in [0, 0.05) is 9.50 Å². The van der Waals surface area contributed by atoms with Crippen LogP contribution >= 0.6 is 27.5 Å². The molecule has 0 spiro atoms. The smallest absolute Gasteiger partial charge is 0.0568 e. The SMILES string of the molecule is Cc1cc(C)c(C(N)c2cc(Cl)ccc2Br)c(C)c1. The molecule has 1 nitrogen and oxygen atoms in total. The number of rotatable bonds is 2.